The molecule has 0 bridgehead atoms. The van der Waals surface area contributed by atoms with E-state index in [9.17, 15) is 0 Å². The van der Waals surface area contributed by atoms with Gasteiger partial charge in [0.05, 0.1) is 6.10 Å². The second-order valence-corrected chi connectivity index (χ2v) is 4.09. The van der Waals surface area contributed by atoms with Crippen molar-refractivity contribution in [3.8, 4) is 0 Å². The van der Waals surface area contributed by atoms with Crippen LogP contribution in [0.3, 0.4) is 0 Å². The molecule has 15 heavy (non-hydrogen) atoms. The highest BCUT2D eigenvalue weighted by Crippen LogP contribution is 2.22. The molecule has 1 N–H and O–H groups in total. The van der Waals surface area contributed by atoms with Crippen LogP contribution in [-0.4, -0.2) is 30.8 Å². The Morgan fingerprint density at radius 1 is 1.53 bits per heavy atom. The van der Waals surface area contributed by atoms with Crippen molar-refractivity contribution in [2.24, 2.45) is 0 Å². The smallest absolute Gasteiger partial charge is 0.0601 e. The van der Waals surface area contributed by atoms with Crippen molar-refractivity contribution in [2.45, 2.75) is 31.4 Å². The fourth-order valence-corrected chi connectivity index (χ4v) is 1.89. The Labute approximate surface area is 90.9 Å². The van der Waals surface area contributed by atoms with E-state index in [1.54, 1.807) is 7.11 Å². The van der Waals surface area contributed by atoms with Gasteiger partial charge in [0.25, 0.3) is 0 Å². The molecule has 0 aliphatic heterocycles. The van der Waals surface area contributed by atoms with Crippen LogP contribution in [0.25, 0.3) is 0 Å². The first-order chi connectivity index (χ1) is 7.38. The zero-order chi connectivity index (χ0) is 10.5. The van der Waals surface area contributed by atoms with E-state index in [2.05, 4.69) is 16.4 Å². The SMILES string of the molecule is COC1CC(NCCc2cccnc2)C1. The first-order valence-corrected chi connectivity index (χ1v) is 5.53. The Hall–Kier alpha value is -0.930. The lowest BCUT2D eigenvalue weighted by Crippen LogP contribution is -2.45. The molecule has 1 fully saturated rings. The second kappa shape index (κ2) is 5.24. The lowest BCUT2D eigenvalue weighted by molar-refractivity contribution is 0.0177. The molecule has 2 rings (SSSR count). The van der Waals surface area contributed by atoms with Crippen LogP contribution in [0.15, 0.2) is 24.5 Å². The molecule has 0 amide bonds. The van der Waals surface area contributed by atoms with E-state index in [1.165, 1.54) is 5.56 Å². The number of hydrogen-bond donors (Lipinski definition) is 1. The minimum atomic E-state index is 0.487. The van der Waals surface area contributed by atoms with E-state index in [-0.39, 0.29) is 0 Å². The van der Waals surface area contributed by atoms with Crippen LogP contribution >= 0.6 is 0 Å². The maximum atomic E-state index is 5.23. The molecule has 0 aromatic carbocycles. The van der Waals surface area contributed by atoms with Crippen LogP contribution in [0.1, 0.15) is 18.4 Å². The number of nitrogens with one attached hydrogen (secondary N) is 1. The van der Waals surface area contributed by atoms with Gasteiger partial charge in [0, 0.05) is 25.5 Å². The molecular formula is C12H18N2O. The minimum Gasteiger partial charge on any atom is -0.381 e. The van der Waals surface area contributed by atoms with Gasteiger partial charge in [-0.15, -0.1) is 0 Å². The Morgan fingerprint density at radius 3 is 3.07 bits per heavy atom. The lowest BCUT2D eigenvalue weighted by Gasteiger charge is -2.34. The Kier molecular flexibility index (Phi) is 3.69. The van der Waals surface area contributed by atoms with Gasteiger partial charge in [-0.3, -0.25) is 4.98 Å². The third kappa shape index (κ3) is 3.01. The minimum absolute atomic E-state index is 0.487. The molecule has 1 heterocycles. The Balaban J connectivity index is 1.60. The van der Waals surface area contributed by atoms with Gasteiger partial charge in [0.15, 0.2) is 0 Å². The average Bonchev–Trinajstić information content (AvgIpc) is 2.23. The van der Waals surface area contributed by atoms with E-state index >= 15 is 0 Å². The topological polar surface area (TPSA) is 34.1 Å². The van der Waals surface area contributed by atoms with E-state index < -0.39 is 0 Å². The standard InChI is InChI=1S/C12H18N2O/c1-15-12-7-11(8-12)14-6-4-10-3-2-5-13-9-10/h2-3,5,9,11-12,14H,4,6-8H2,1H3. The third-order valence-electron chi connectivity index (χ3n) is 3.00. The summed E-state index contributed by atoms with van der Waals surface area (Å²) in [6.07, 6.45) is 7.60. The number of rotatable bonds is 5. The molecule has 1 aromatic rings. The number of aromatic nitrogens is 1. The van der Waals surface area contributed by atoms with Gasteiger partial charge in [0.1, 0.15) is 0 Å². The highest BCUT2D eigenvalue weighted by molar-refractivity contribution is 5.08. The molecule has 1 aliphatic rings. The summed E-state index contributed by atoms with van der Waals surface area (Å²) < 4.78 is 5.23. The number of hydrogen-bond acceptors (Lipinski definition) is 3. The van der Waals surface area contributed by atoms with E-state index in [0.717, 1.165) is 25.8 Å². The number of nitrogens with zero attached hydrogens (tertiary/aromatic N) is 1. The Morgan fingerprint density at radius 2 is 2.40 bits per heavy atom. The van der Waals surface area contributed by atoms with Crippen molar-refractivity contribution >= 4 is 0 Å². The largest absolute Gasteiger partial charge is 0.381 e. The lowest BCUT2D eigenvalue weighted by atomic mass is 9.89. The summed E-state index contributed by atoms with van der Waals surface area (Å²) in [5, 5.41) is 3.52. The predicted octanol–water partition coefficient (Wildman–Crippen LogP) is 1.39. The first kappa shape index (κ1) is 10.6. The zero-order valence-electron chi connectivity index (χ0n) is 9.15. The van der Waals surface area contributed by atoms with Crippen LogP contribution < -0.4 is 5.32 Å². The van der Waals surface area contributed by atoms with Crippen molar-refractivity contribution in [1.29, 1.82) is 0 Å². The maximum absolute atomic E-state index is 5.23. The van der Waals surface area contributed by atoms with Gasteiger partial charge in [-0.25, -0.2) is 0 Å². The molecule has 1 saturated carbocycles. The molecule has 0 unspecified atom stereocenters. The molecular weight excluding hydrogens is 188 g/mol. The molecule has 82 valence electrons. The summed E-state index contributed by atoms with van der Waals surface area (Å²) in [6.45, 7) is 1.03. The first-order valence-electron chi connectivity index (χ1n) is 5.53. The van der Waals surface area contributed by atoms with Gasteiger partial charge in [-0.1, -0.05) is 6.07 Å². The van der Waals surface area contributed by atoms with E-state index in [4.69, 9.17) is 4.74 Å². The molecule has 3 nitrogen and oxygen atoms in total. The quantitative estimate of drug-likeness (QED) is 0.790. The predicted molar refractivity (Wildman–Crippen MR) is 59.8 cm³/mol. The fourth-order valence-electron chi connectivity index (χ4n) is 1.89. The summed E-state index contributed by atoms with van der Waals surface area (Å²) >= 11 is 0. The van der Waals surface area contributed by atoms with Crippen LogP contribution in [0.5, 0.6) is 0 Å². The summed E-state index contributed by atoms with van der Waals surface area (Å²) in [4.78, 5) is 4.09. The summed E-state index contributed by atoms with van der Waals surface area (Å²) in [5.74, 6) is 0. The van der Waals surface area contributed by atoms with Crippen molar-refractivity contribution in [2.75, 3.05) is 13.7 Å². The van der Waals surface area contributed by atoms with Gasteiger partial charge in [-0.05, 0) is 37.4 Å². The summed E-state index contributed by atoms with van der Waals surface area (Å²) in [6, 6.07) is 4.76. The molecule has 3 heteroatoms. The summed E-state index contributed by atoms with van der Waals surface area (Å²) in [7, 11) is 1.79. The zero-order valence-corrected chi connectivity index (χ0v) is 9.15. The number of pyridine rings is 1. The van der Waals surface area contributed by atoms with Gasteiger partial charge >= 0.3 is 0 Å². The van der Waals surface area contributed by atoms with E-state index in [0.29, 0.717) is 12.1 Å². The molecule has 0 atom stereocenters. The molecule has 0 radical (unpaired) electrons. The summed E-state index contributed by atoms with van der Waals surface area (Å²) in [5.41, 5.74) is 1.30. The van der Waals surface area contributed by atoms with Crippen LogP contribution in [0.4, 0.5) is 0 Å². The van der Waals surface area contributed by atoms with Crippen LogP contribution in [0, 0.1) is 0 Å². The van der Waals surface area contributed by atoms with Gasteiger partial charge < -0.3 is 10.1 Å². The fraction of sp³-hybridized carbons (Fsp3) is 0.583. The van der Waals surface area contributed by atoms with Gasteiger partial charge in [-0.2, -0.15) is 0 Å². The van der Waals surface area contributed by atoms with Crippen LogP contribution in [-0.2, 0) is 11.2 Å². The number of ether oxygens (including phenoxy) is 1. The highest BCUT2D eigenvalue weighted by atomic mass is 16.5. The third-order valence-corrected chi connectivity index (χ3v) is 3.00. The molecule has 0 saturated heterocycles. The van der Waals surface area contributed by atoms with Gasteiger partial charge in [0.2, 0.25) is 0 Å². The highest BCUT2D eigenvalue weighted by Gasteiger charge is 2.27. The average molecular weight is 206 g/mol. The molecule has 1 aliphatic carbocycles. The normalized spacial score (nSPS) is 24.9. The number of methoxy groups -OCH3 is 1. The van der Waals surface area contributed by atoms with E-state index in [1.807, 2.05) is 18.5 Å². The maximum Gasteiger partial charge on any atom is 0.0601 e. The Bertz CT molecular complexity index is 283. The van der Waals surface area contributed by atoms with Crippen molar-refractivity contribution in [1.82, 2.24) is 10.3 Å². The van der Waals surface area contributed by atoms with Crippen molar-refractivity contribution in [3.05, 3.63) is 30.1 Å². The molecule has 0 spiro atoms. The molecule has 1 aromatic heterocycles. The monoisotopic (exact) mass is 206 g/mol. The van der Waals surface area contributed by atoms with Crippen molar-refractivity contribution < 1.29 is 4.74 Å². The van der Waals surface area contributed by atoms with Crippen LogP contribution in [0.2, 0.25) is 0 Å². The van der Waals surface area contributed by atoms with Crippen molar-refractivity contribution in [3.63, 3.8) is 0 Å². The second-order valence-electron chi connectivity index (χ2n) is 4.09.